The molecule has 1 aliphatic carbocycles. The van der Waals surface area contributed by atoms with Gasteiger partial charge in [-0.15, -0.1) is 0 Å². The number of benzene rings is 1. The molecule has 2 rings (SSSR count). The van der Waals surface area contributed by atoms with Crippen LogP contribution < -0.4 is 4.74 Å². The van der Waals surface area contributed by atoms with Crippen LogP contribution in [-0.2, 0) is 0 Å². The molecule has 0 saturated carbocycles. The standard InChI is InChI=1S/C12H9F2NO3/c13-11-3-1-2-8-12(11,14)18-10-6-4-9(5-7-10)15(16)17/h1-7H,8H2. The number of nitro benzene ring substituents is 1. The molecule has 0 radical (unpaired) electrons. The van der Waals surface area contributed by atoms with E-state index in [1.807, 2.05) is 0 Å². The molecule has 1 atom stereocenters. The summed E-state index contributed by atoms with van der Waals surface area (Å²) in [6.07, 6.45) is 3.57. The van der Waals surface area contributed by atoms with Gasteiger partial charge in [0.2, 0.25) is 0 Å². The zero-order valence-corrected chi connectivity index (χ0v) is 9.18. The Morgan fingerprint density at radius 2 is 2.00 bits per heavy atom. The average molecular weight is 253 g/mol. The maximum Gasteiger partial charge on any atom is 0.303 e. The number of nitro groups is 1. The van der Waals surface area contributed by atoms with E-state index in [0.717, 1.165) is 6.08 Å². The Morgan fingerprint density at radius 3 is 2.56 bits per heavy atom. The van der Waals surface area contributed by atoms with Crippen LogP contribution in [0.15, 0.2) is 48.3 Å². The number of ether oxygens (including phenoxy) is 1. The predicted molar refractivity (Wildman–Crippen MR) is 60.5 cm³/mol. The summed E-state index contributed by atoms with van der Waals surface area (Å²) in [6, 6.07) is 4.79. The molecule has 4 nitrogen and oxygen atoms in total. The van der Waals surface area contributed by atoms with Crippen LogP contribution in [0.5, 0.6) is 5.75 Å². The van der Waals surface area contributed by atoms with Crippen LogP contribution in [0, 0.1) is 10.1 Å². The van der Waals surface area contributed by atoms with E-state index < -0.39 is 16.6 Å². The van der Waals surface area contributed by atoms with E-state index in [1.54, 1.807) is 0 Å². The number of allylic oxidation sites excluding steroid dienone is 2. The molecule has 0 bridgehead atoms. The van der Waals surface area contributed by atoms with Crippen LogP contribution in [-0.4, -0.2) is 10.8 Å². The Bertz CT molecular complexity index is 525. The molecule has 0 aromatic heterocycles. The van der Waals surface area contributed by atoms with Crippen LogP contribution in [0.3, 0.4) is 0 Å². The molecular weight excluding hydrogens is 244 g/mol. The highest BCUT2D eigenvalue weighted by Crippen LogP contribution is 2.34. The summed E-state index contributed by atoms with van der Waals surface area (Å²) in [7, 11) is 0. The lowest BCUT2D eigenvalue weighted by atomic mass is 10.1. The van der Waals surface area contributed by atoms with Crippen molar-refractivity contribution in [3.05, 3.63) is 58.4 Å². The topological polar surface area (TPSA) is 52.4 Å². The minimum absolute atomic E-state index is 0.0296. The second kappa shape index (κ2) is 4.56. The minimum Gasteiger partial charge on any atom is -0.451 e. The van der Waals surface area contributed by atoms with E-state index in [0.29, 0.717) is 0 Å². The molecule has 18 heavy (non-hydrogen) atoms. The number of nitrogens with zero attached hydrogens (tertiary/aromatic N) is 1. The Balaban J connectivity index is 2.17. The molecule has 0 spiro atoms. The third kappa shape index (κ3) is 2.37. The lowest BCUT2D eigenvalue weighted by molar-refractivity contribution is -0.384. The summed E-state index contributed by atoms with van der Waals surface area (Å²) in [5.74, 6) is -3.53. The number of halogens is 2. The molecule has 0 fully saturated rings. The zero-order chi connectivity index (χ0) is 13.2. The van der Waals surface area contributed by atoms with Crippen LogP contribution in [0.25, 0.3) is 0 Å². The van der Waals surface area contributed by atoms with Gasteiger partial charge in [-0.05, 0) is 18.2 Å². The van der Waals surface area contributed by atoms with Crippen molar-refractivity contribution in [1.82, 2.24) is 0 Å². The molecular formula is C12H9F2NO3. The summed E-state index contributed by atoms with van der Waals surface area (Å²) in [5, 5.41) is 10.4. The summed E-state index contributed by atoms with van der Waals surface area (Å²) < 4.78 is 32.3. The third-order valence-electron chi connectivity index (χ3n) is 2.44. The molecule has 1 aliphatic rings. The maximum absolute atomic E-state index is 14.1. The lowest BCUT2D eigenvalue weighted by Crippen LogP contribution is -2.32. The highest BCUT2D eigenvalue weighted by molar-refractivity contribution is 5.37. The Morgan fingerprint density at radius 1 is 1.33 bits per heavy atom. The first-order valence-electron chi connectivity index (χ1n) is 5.16. The molecule has 1 aromatic carbocycles. The molecule has 0 saturated heterocycles. The molecule has 0 heterocycles. The number of hydrogen-bond donors (Lipinski definition) is 0. The van der Waals surface area contributed by atoms with Gasteiger partial charge in [0, 0.05) is 18.6 Å². The number of alkyl halides is 1. The highest BCUT2D eigenvalue weighted by Gasteiger charge is 2.37. The fourth-order valence-electron chi connectivity index (χ4n) is 1.51. The largest absolute Gasteiger partial charge is 0.451 e. The number of hydrogen-bond acceptors (Lipinski definition) is 3. The van der Waals surface area contributed by atoms with Crippen molar-refractivity contribution in [2.24, 2.45) is 0 Å². The first-order chi connectivity index (χ1) is 8.51. The van der Waals surface area contributed by atoms with E-state index >= 15 is 0 Å². The van der Waals surface area contributed by atoms with Gasteiger partial charge in [0.05, 0.1) is 4.92 Å². The van der Waals surface area contributed by atoms with Gasteiger partial charge in [-0.25, -0.2) is 4.39 Å². The molecule has 0 aliphatic heterocycles. The van der Waals surface area contributed by atoms with Gasteiger partial charge in [-0.3, -0.25) is 10.1 Å². The predicted octanol–water partition coefficient (Wildman–Crippen LogP) is 3.45. The second-order valence-corrected chi connectivity index (χ2v) is 3.73. The van der Waals surface area contributed by atoms with Gasteiger partial charge < -0.3 is 4.74 Å². The van der Waals surface area contributed by atoms with E-state index in [1.165, 1.54) is 36.4 Å². The number of non-ortho nitro benzene ring substituents is 1. The molecule has 1 aromatic rings. The van der Waals surface area contributed by atoms with Crippen molar-refractivity contribution >= 4 is 5.69 Å². The van der Waals surface area contributed by atoms with Crippen molar-refractivity contribution in [3.63, 3.8) is 0 Å². The van der Waals surface area contributed by atoms with Crippen molar-refractivity contribution < 1.29 is 18.4 Å². The van der Waals surface area contributed by atoms with Crippen LogP contribution in [0.4, 0.5) is 14.5 Å². The SMILES string of the molecule is O=[N+]([O-])c1ccc(OC2(F)CC=CC=C2F)cc1. The van der Waals surface area contributed by atoms with Gasteiger partial charge in [0.1, 0.15) is 5.75 Å². The molecule has 0 N–H and O–H groups in total. The lowest BCUT2D eigenvalue weighted by Gasteiger charge is -2.25. The average Bonchev–Trinajstić information content (AvgIpc) is 2.34. The molecule has 94 valence electrons. The van der Waals surface area contributed by atoms with Crippen LogP contribution in [0.1, 0.15) is 6.42 Å². The molecule has 0 amide bonds. The van der Waals surface area contributed by atoms with E-state index in [4.69, 9.17) is 4.74 Å². The van der Waals surface area contributed by atoms with Gasteiger partial charge in [0.25, 0.3) is 5.69 Å². The quantitative estimate of drug-likeness (QED) is 0.612. The van der Waals surface area contributed by atoms with E-state index in [9.17, 15) is 18.9 Å². The van der Waals surface area contributed by atoms with Crippen molar-refractivity contribution in [2.75, 3.05) is 0 Å². The molecule has 6 heteroatoms. The Kier molecular flexibility index (Phi) is 3.10. The minimum atomic E-state index is -2.54. The zero-order valence-electron chi connectivity index (χ0n) is 9.18. The fraction of sp³-hybridized carbons (Fsp3) is 0.167. The van der Waals surface area contributed by atoms with Gasteiger partial charge in [-0.1, -0.05) is 12.2 Å². The Labute approximate surface area is 101 Å². The van der Waals surface area contributed by atoms with Crippen LogP contribution >= 0.6 is 0 Å². The molecule has 1 unspecified atom stereocenters. The van der Waals surface area contributed by atoms with Crippen LogP contribution in [0.2, 0.25) is 0 Å². The van der Waals surface area contributed by atoms with Crippen molar-refractivity contribution in [1.29, 1.82) is 0 Å². The summed E-state index contributed by atoms with van der Waals surface area (Å²) in [6.45, 7) is 0. The fourth-order valence-corrected chi connectivity index (χ4v) is 1.51. The monoisotopic (exact) mass is 253 g/mol. The van der Waals surface area contributed by atoms with E-state index in [-0.39, 0.29) is 17.9 Å². The highest BCUT2D eigenvalue weighted by atomic mass is 19.2. The smallest absolute Gasteiger partial charge is 0.303 e. The van der Waals surface area contributed by atoms with Crippen molar-refractivity contribution in [3.8, 4) is 5.75 Å². The number of rotatable bonds is 3. The summed E-state index contributed by atoms with van der Waals surface area (Å²) >= 11 is 0. The Hall–Kier alpha value is -2.24. The maximum atomic E-state index is 14.1. The first-order valence-corrected chi connectivity index (χ1v) is 5.16. The third-order valence-corrected chi connectivity index (χ3v) is 2.44. The van der Waals surface area contributed by atoms with Crippen molar-refractivity contribution in [2.45, 2.75) is 12.3 Å². The van der Waals surface area contributed by atoms with E-state index in [2.05, 4.69) is 0 Å². The van der Waals surface area contributed by atoms with Gasteiger partial charge >= 0.3 is 5.85 Å². The summed E-state index contributed by atoms with van der Waals surface area (Å²) in [5.41, 5.74) is -0.144. The van der Waals surface area contributed by atoms with Gasteiger partial charge in [-0.2, -0.15) is 4.39 Å². The summed E-state index contributed by atoms with van der Waals surface area (Å²) in [4.78, 5) is 9.85. The normalized spacial score (nSPS) is 22.4. The second-order valence-electron chi connectivity index (χ2n) is 3.73. The van der Waals surface area contributed by atoms with Gasteiger partial charge in [0.15, 0.2) is 5.83 Å². The first kappa shape index (κ1) is 12.2.